The predicted octanol–water partition coefficient (Wildman–Crippen LogP) is 2.68. The summed E-state index contributed by atoms with van der Waals surface area (Å²) in [6.45, 7) is 3.78. The Labute approximate surface area is 163 Å². The Morgan fingerprint density at radius 3 is 2.39 bits per heavy atom. The molecule has 1 aromatic carbocycles. The van der Waals surface area contributed by atoms with Crippen LogP contribution in [0.25, 0.3) is 10.9 Å². The number of aromatic nitrogens is 2. The molecule has 0 unspecified atom stereocenters. The van der Waals surface area contributed by atoms with Crippen LogP contribution in [0.1, 0.15) is 17.3 Å². The fraction of sp³-hybridized carbons (Fsp3) is 0.238. The number of anilines is 2. The second kappa shape index (κ2) is 7.64. The summed E-state index contributed by atoms with van der Waals surface area (Å²) in [5.74, 6) is 0.636. The largest absolute Gasteiger partial charge is 0.339 e. The SMILES string of the molecule is CC(=O)N1CCN(C(=O)c2ccc(Nc3cccc4cccnc34)nc2)CC1. The third-order valence-electron chi connectivity index (χ3n) is 4.92. The lowest BCUT2D eigenvalue weighted by Gasteiger charge is -2.34. The smallest absolute Gasteiger partial charge is 0.255 e. The number of fused-ring (bicyclic) bond motifs is 1. The van der Waals surface area contributed by atoms with Crippen molar-refractivity contribution in [2.75, 3.05) is 31.5 Å². The van der Waals surface area contributed by atoms with Crippen molar-refractivity contribution in [1.82, 2.24) is 19.8 Å². The van der Waals surface area contributed by atoms with Gasteiger partial charge in [-0.3, -0.25) is 14.6 Å². The molecule has 4 rings (SSSR count). The van der Waals surface area contributed by atoms with Crippen LogP contribution in [0.2, 0.25) is 0 Å². The number of carbonyl (C=O) groups excluding carboxylic acids is 2. The minimum atomic E-state index is -0.0610. The minimum Gasteiger partial charge on any atom is -0.339 e. The van der Waals surface area contributed by atoms with E-state index in [-0.39, 0.29) is 11.8 Å². The third kappa shape index (κ3) is 3.64. The number of piperazine rings is 1. The van der Waals surface area contributed by atoms with E-state index in [4.69, 9.17) is 0 Å². The molecule has 2 aromatic heterocycles. The maximum absolute atomic E-state index is 12.7. The highest BCUT2D eigenvalue weighted by molar-refractivity contribution is 5.95. The number of hydrogen-bond donors (Lipinski definition) is 1. The van der Waals surface area contributed by atoms with E-state index in [1.54, 1.807) is 41.2 Å². The van der Waals surface area contributed by atoms with E-state index in [0.29, 0.717) is 37.6 Å². The van der Waals surface area contributed by atoms with Gasteiger partial charge < -0.3 is 15.1 Å². The molecule has 3 aromatic rings. The number of rotatable bonds is 3. The molecule has 0 bridgehead atoms. The van der Waals surface area contributed by atoms with Gasteiger partial charge in [-0.1, -0.05) is 18.2 Å². The van der Waals surface area contributed by atoms with Crippen LogP contribution in [0.5, 0.6) is 0 Å². The van der Waals surface area contributed by atoms with Crippen molar-refractivity contribution in [3.05, 3.63) is 60.4 Å². The summed E-state index contributed by atoms with van der Waals surface area (Å²) in [4.78, 5) is 36.4. The minimum absolute atomic E-state index is 0.0483. The Bertz CT molecular complexity index is 1010. The molecule has 0 saturated carbocycles. The van der Waals surface area contributed by atoms with E-state index in [1.807, 2.05) is 30.3 Å². The van der Waals surface area contributed by atoms with E-state index in [2.05, 4.69) is 15.3 Å². The van der Waals surface area contributed by atoms with Crippen molar-refractivity contribution in [3.63, 3.8) is 0 Å². The van der Waals surface area contributed by atoms with Crippen molar-refractivity contribution >= 4 is 34.2 Å². The number of nitrogens with zero attached hydrogens (tertiary/aromatic N) is 4. The molecular formula is C21H21N5O2. The molecule has 1 aliphatic heterocycles. The van der Waals surface area contributed by atoms with Gasteiger partial charge in [0, 0.05) is 50.9 Å². The van der Waals surface area contributed by atoms with Gasteiger partial charge in [0.15, 0.2) is 0 Å². The molecule has 3 heterocycles. The van der Waals surface area contributed by atoms with E-state index in [9.17, 15) is 9.59 Å². The summed E-state index contributed by atoms with van der Waals surface area (Å²) < 4.78 is 0. The topological polar surface area (TPSA) is 78.4 Å². The van der Waals surface area contributed by atoms with Crippen LogP contribution < -0.4 is 5.32 Å². The first-order chi connectivity index (χ1) is 13.6. The van der Waals surface area contributed by atoms with Crippen molar-refractivity contribution in [3.8, 4) is 0 Å². The Balaban J connectivity index is 1.45. The van der Waals surface area contributed by atoms with Crippen LogP contribution in [0, 0.1) is 0 Å². The van der Waals surface area contributed by atoms with Crippen LogP contribution in [0.4, 0.5) is 11.5 Å². The van der Waals surface area contributed by atoms with Crippen molar-refractivity contribution in [2.24, 2.45) is 0 Å². The van der Waals surface area contributed by atoms with Crippen molar-refractivity contribution in [1.29, 1.82) is 0 Å². The molecule has 0 atom stereocenters. The van der Waals surface area contributed by atoms with Gasteiger partial charge in [-0.25, -0.2) is 4.98 Å². The number of pyridine rings is 2. The lowest BCUT2D eigenvalue weighted by molar-refractivity contribution is -0.130. The van der Waals surface area contributed by atoms with E-state index >= 15 is 0 Å². The predicted molar refractivity (Wildman–Crippen MR) is 107 cm³/mol. The number of nitrogens with one attached hydrogen (secondary N) is 1. The van der Waals surface area contributed by atoms with Gasteiger partial charge in [0.2, 0.25) is 5.91 Å². The fourth-order valence-corrected chi connectivity index (χ4v) is 3.34. The molecule has 0 spiro atoms. The molecule has 1 aliphatic rings. The molecule has 142 valence electrons. The van der Waals surface area contributed by atoms with Crippen LogP contribution in [-0.4, -0.2) is 57.8 Å². The highest BCUT2D eigenvalue weighted by Gasteiger charge is 2.23. The quantitative estimate of drug-likeness (QED) is 0.761. The first-order valence-electron chi connectivity index (χ1n) is 9.23. The Kier molecular flexibility index (Phi) is 4.89. The summed E-state index contributed by atoms with van der Waals surface area (Å²) in [5, 5.41) is 4.31. The summed E-state index contributed by atoms with van der Waals surface area (Å²) >= 11 is 0. The summed E-state index contributed by atoms with van der Waals surface area (Å²) in [5.41, 5.74) is 2.28. The molecule has 7 heteroatoms. The molecule has 1 fully saturated rings. The van der Waals surface area contributed by atoms with Crippen LogP contribution in [0.3, 0.4) is 0 Å². The van der Waals surface area contributed by atoms with Gasteiger partial charge in [-0.2, -0.15) is 0 Å². The standard InChI is InChI=1S/C21H21N5O2/c1-15(27)25-10-12-26(13-11-25)21(28)17-7-8-19(23-14-17)24-18-6-2-4-16-5-3-9-22-20(16)18/h2-9,14H,10-13H2,1H3,(H,23,24). The number of para-hydroxylation sites is 1. The van der Waals surface area contributed by atoms with Crippen LogP contribution in [0.15, 0.2) is 54.9 Å². The van der Waals surface area contributed by atoms with Gasteiger partial charge in [-0.15, -0.1) is 0 Å². The third-order valence-corrected chi connectivity index (χ3v) is 4.92. The second-order valence-electron chi connectivity index (χ2n) is 6.74. The Hall–Kier alpha value is -3.48. The summed E-state index contributed by atoms with van der Waals surface area (Å²) in [6, 6.07) is 13.4. The van der Waals surface area contributed by atoms with Gasteiger partial charge >= 0.3 is 0 Å². The first-order valence-corrected chi connectivity index (χ1v) is 9.23. The number of benzene rings is 1. The summed E-state index contributed by atoms with van der Waals surface area (Å²) in [7, 11) is 0. The molecule has 28 heavy (non-hydrogen) atoms. The van der Waals surface area contributed by atoms with Crippen LogP contribution >= 0.6 is 0 Å². The normalized spacial score (nSPS) is 14.2. The highest BCUT2D eigenvalue weighted by Crippen LogP contribution is 2.23. The molecule has 2 amide bonds. The second-order valence-corrected chi connectivity index (χ2v) is 6.74. The zero-order chi connectivity index (χ0) is 19.5. The molecular weight excluding hydrogens is 354 g/mol. The maximum Gasteiger partial charge on any atom is 0.255 e. The van der Waals surface area contributed by atoms with Gasteiger partial charge in [0.1, 0.15) is 5.82 Å². The molecule has 0 radical (unpaired) electrons. The molecule has 1 saturated heterocycles. The maximum atomic E-state index is 12.7. The number of carbonyl (C=O) groups is 2. The van der Waals surface area contributed by atoms with Gasteiger partial charge in [-0.05, 0) is 24.3 Å². The molecule has 7 nitrogen and oxygen atoms in total. The van der Waals surface area contributed by atoms with Crippen molar-refractivity contribution < 1.29 is 9.59 Å². The number of amides is 2. The fourth-order valence-electron chi connectivity index (χ4n) is 3.34. The zero-order valence-corrected chi connectivity index (χ0v) is 15.6. The van der Waals surface area contributed by atoms with E-state index in [1.165, 1.54) is 0 Å². The lowest BCUT2D eigenvalue weighted by Crippen LogP contribution is -2.50. The molecule has 1 N–H and O–H groups in total. The van der Waals surface area contributed by atoms with E-state index < -0.39 is 0 Å². The zero-order valence-electron chi connectivity index (χ0n) is 15.6. The monoisotopic (exact) mass is 375 g/mol. The van der Waals surface area contributed by atoms with Gasteiger partial charge in [0.05, 0.1) is 16.8 Å². The molecule has 0 aliphatic carbocycles. The van der Waals surface area contributed by atoms with Crippen molar-refractivity contribution in [2.45, 2.75) is 6.92 Å². The number of hydrogen-bond acceptors (Lipinski definition) is 5. The average molecular weight is 375 g/mol. The van der Waals surface area contributed by atoms with E-state index in [0.717, 1.165) is 16.6 Å². The average Bonchev–Trinajstić information content (AvgIpc) is 2.74. The van der Waals surface area contributed by atoms with Crippen LogP contribution in [-0.2, 0) is 4.79 Å². The summed E-state index contributed by atoms with van der Waals surface area (Å²) in [6.07, 6.45) is 3.34. The highest BCUT2D eigenvalue weighted by atomic mass is 16.2. The lowest BCUT2D eigenvalue weighted by atomic mass is 10.2. The first kappa shape index (κ1) is 17.9. The van der Waals surface area contributed by atoms with Gasteiger partial charge in [0.25, 0.3) is 5.91 Å². The Morgan fingerprint density at radius 2 is 1.68 bits per heavy atom. The Morgan fingerprint density at radius 1 is 0.929 bits per heavy atom.